The van der Waals surface area contributed by atoms with Crippen LogP contribution in [0.5, 0.6) is 0 Å². The van der Waals surface area contributed by atoms with Gasteiger partial charge in [-0.25, -0.2) is 0 Å². The summed E-state index contributed by atoms with van der Waals surface area (Å²) in [4.78, 5) is 17.0. The highest BCUT2D eigenvalue weighted by molar-refractivity contribution is 5.75. The van der Waals surface area contributed by atoms with Gasteiger partial charge in [-0.2, -0.15) is 5.26 Å². The summed E-state index contributed by atoms with van der Waals surface area (Å²) in [5.74, 6) is 1.63. The first-order valence-corrected chi connectivity index (χ1v) is 11.4. The lowest BCUT2D eigenvalue weighted by Crippen LogP contribution is -2.40. The molecule has 1 aromatic carbocycles. The number of nitrogens with zero attached hydrogens (tertiary/aromatic N) is 2. The van der Waals surface area contributed by atoms with E-state index in [1.54, 1.807) is 0 Å². The summed E-state index contributed by atoms with van der Waals surface area (Å²) >= 11 is 0. The smallest absolute Gasteiger partial charge is 0.309 e. The summed E-state index contributed by atoms with van der Waals surface area (Å²) in [5, 5.41) is 9.35. The number of hydrogen-bond acceptors (Lipinski definition) is 4. The predicted molar refractivity (Wildman–Crippen MR) is 122 cm³/mol. The van der Waals surface area contributed by atoms with Gasteiger partial charge in [0.05, 0.1) is 23.2 Å². The molecule has 0 bridgehead atoms. The molecule has 4 rings (SSSR count). The Labute approximate surface area is 185 Å². The Kier molecular flexibility index (Phi) is 6.23. The standard InChI is InChI=1S/C27H30N2O2/c1-4-7-22-17(2)14-25-26(18(3)31-27(25)30)24(22)13-12-21-11-10-20(16-29-21)23-9-6-5-8-19(23)15-28/h5-6,8-13,16-18,22,24-26H,4,7,14H2,1-3H3/b13-12+/t17-,18+,22?,24-,25+,26-/m0/s1. The number of fused-ring (bicyclic) bond motifs is 1. The van der Waals surface area contributed by atoms with Gasteiger partial charge in [0.1, 0.15) is 6.10 Å². The molecule has 4 heteroatoms. The van der Waals surface area contributed by atoms with Crippen LogP contribution in [-0.2, 0) is 9.53 Å². The molecule has 1 unspecified atom stereocenters. The van der Waals surface area contributed by atoms with Crippen LogP contribution in [0.25, 0.3) is 17.2 Å². The van der Waals surface area contributed by atoms with Crippen molar-refractivity contribution in [2.45, 2.75) is 46.1 Å². The van der Waals surface area contributed by atoms with Crippen LogP contribution in [0, 0.1) is 40.9 Å². The van der Waals surface area contributed by atoms with E-state index in [4.69, 9.17) is 4.74 Å². The van der Waals surface area contributed by atoms with Gasteiger partial charge in [0, 0.05) is 23.2 Å². The van der Waals surface area contributed by atoms with E-state index in [0.29, 0.717) is 23.3 Å². The summed E-state index contributed by atoms with van der Waals surface area (Å²) < 4.78 is 5.64. The Hall–Kier alpha value is -2.93. The zero-order chi connectivity index (χ0) is 22.0. The van der Waals surface area contributed by atoms with E-state index >= 15 is 0 Å². The molecule has 6 atom stereocenters. The maximum absolute atomic E-state index is 12.4. The molecule has 0 amide bonds. The van der Waals surface area contributed by atoms with Crippen LogP contribution in [0.3, 0.4) is 0 Å². The molecule has 160 valence electrons. The van der Waals surface area contributed by atoms with Crippen molar-refractivity contribution >= 4 is 12.0 Å². The number of hydrogen-bond donors (Lipinski definition) is 0. The summed E-state index contributed by atoms with van der Waals surface area (Å²) in [7, 11) is 0. The lowest BCUT2D eigenvalue weighted by molar-refractivity contribution is -0.144. The Balaban J connectivity index is 1.59. The van der Waals surface area contributed by atoms with Crippen molar-refractivity contribution in [3.8, 4) is 17.2 Å². The van der Waals surface area contributed by atoms with Gasteiger partial charge < -0.3 is 4.74 Å². The van der Waals surface area contributed by atoms with E-state index in [9.17, 15) is 10.1 Å². The molecular weight excluding hydrogens is 384 g/mol. The van der Waals surface area contributed by atoms with E-state index in [2.05, 4.69) is 37.1 Å². The molecule has 4 nitrogen and oxygen atoms in total. The number of carbonyl (C=O) groups excluding carboxylic acids is 1. The van der Waals surface area contributed by atoms with Gasteiger partial charge in [-0.15, -0.1) is 0 Å². The number of cyclic esters (lactones) is 1. The molecule has 2 fully saturated rings. The van der Waals surface area contributed by atoms with Crippen molar-refractivity contribution in [3.63, 3.8) is 0 Å². The normalized spacial score (nSPS) is 30.1. The first-order chi connectivity index (χ1) is 15.0. The van der Waals surface area contributed by atoms with E-state index in [0.717, 1.165) is 36.1 Å². The molecule has 1 aliphatic carbocycles. The monoisotopic (exact) mass is 414 g/mol. The summed E-state index contributed by atoms with van der Waals surface area (Å²) in [6, 6.07) is 13.8. The Bertz CT molecular complexity index is 1000. The average Bonchev–Trinajstić information content (AvgIpc) is 3.07. The van der Waals surface area contributed by atoms with Crippen LogP contribution in [0.4, 0.5) is 0 Å². The van der Waals surface area contributed by atoms with Crippen LogP contribution in [0.1, 0.15) is 51.3 Å². The molecule has 1 saturated carbocycles. The third-order valence-corrected chi connectivity index (χ3v) is 7.16. The van der Waals surface area contributed by atoms with Crippen LogP contribution < -0.4 is 0 Å². The predicted octanol–water partition coefficient (Wildman–Crippen LogP) is 5.88. The molecule has 0 spiro atoms. The van der Waals surface area contributed by atoms with Crippen molar-refractivity contribution in [1.82, 2.24) is 4.98 Å². The summed E-state index contributed by atoms with van der Waals surface area (Å²) in [6.07, 6.45) is 9.42. The lowest BCUT2D eigenvalue weighted by Gasteiger charge is -2.42. The molecule has 2 aliphatic rings. The molecular formula is C27H30N2O2. The van der Waals surface area contributed by atoms with Crippen molar-refractivity contribution < 1.29 is 9.53 Å². The van der Waals surface area contributed by atoms with Gasteiger partial charge in [-0.3, -0.25) is 9.78 Å². The lowest BCUT2D eigenvalue weighted by atomic mass is 9.60. The third-order valence-electron chi connectivity index (χ3n) is 7.16. The van der Waals surface area contributed by atoms with Gasteiger partial charge in [-0.1, -0.05) is 50.6 Å². The average molecular weight is 415 g/mol. The first kappa shape index (κ1) is 21.3. The van der Waals surface area contributed by atoms with Gasteiger partial charge in [0.15, 0.2) is 0 Å². The molecule has 2 heterocycles. The first-order valence-electron chi connectivity index (χ1n) is 11.4. The van der Waals surface area contributed by atoms with Gasteiger partial charge in [-0.05, 0) is 55.7 Å². The number of carbonyl (C=O) groups is 1. The number of esters is 1. The number of benzene rings is 1. The van der Waals surface area contributed by atoms with E-state index in [1.165, 1.54) is 0 Å². The second-order valence-corrected chi connectivity index (χ2v) is 9.06. The van der Waals surface area contributed by atoms with Crippen molar-refractivity contribution in [3.05, 3.63) is 59.9 Å². The van der Waals surface area contributed by atoms with E-state index in [1.807, 2.05) is 49.5 Å². The maximum Gasteiger partial charge on any atom is 0.309 e. The summed E-state index contributed by atoms with van der Waals surface area (Å²) in [6.45, 7) is 6.56. The number of allylic oxidation sites excluding steroid dienone is 1. The molecule has 1 saturated heterocycles. The SMILES string of the molecule is CCCC1[C@@H](C)C[C@H]2C(=O)O[C@H](C)[C@H]2[C@H]1/C=C/c1ccc(-c2ccccc2C#N)cn1. The molecule has 0 radical (unpaired) electrons. The van der Waals surface area contributed by atoms with Crippen molar-refractivity contribution in [2.24, 2.45) is 29.6 Å². The zero-order valence-electron chi connectivity index (χ0n) is 18.5. The van der Waals surface area contributed by atoms with Gasteiger partial charge >= 0.3 is 5.97 Å². The minimum atomic E-state index is -0.0307. The highest BCUT2D eigenvalue weighted by atomic mass is 16.6. The van der Waals surface area contributed by atoms with Crippen molar-refractivity contribution in [1.29, 1.82) is 5.26 Å². The summed E-state index contributed by atoms with van der Waals surface area (Å²) in [5.41, 5.74) is 3.38. The fraction of sp³-hybridized carbons (Fsp3) is 0.444. The number of rotatable bonds is 5. The largest absolute Gasteiger partial charge is 0.462 e. The van der Waals surface area contributed by atoms with Gasteiger partial charge in [0.2, 0.25) is 0 Å². The quantitative estimate of drug-likeness (QED) is 0.573. The van der Waals surface area contributed by atoms with E-state index in [-0.39, 0.29) is 23.9 Å². The second kappa shape index (κ2) is 9.06. The maximum atomic E-state index is 12.4. The number of aromatic nitrogens is 1. The number of pyridine rings is 1. The Morgan fingerprint density at radius 2 is 2.03 bits per heavy atom. The number of ether oxygens (including phenoxy) is 1. The minimum absolute atomic E-state index is 0.0173. The Morgan fingerprint density at radius 1 is 1.23 bits per heavy atom. The topological polar surface area (TPSA) is 63.0 Å². The van der Waals surface area contributed by atoms with E-state index < -0.39 is 0 Å². The highest BCUT2D eigenvalue weighted by Gasteiger charge is 2.52. The van der Waals surface area contributed by atoms with Crippen LogP contribution >= 0.6 is 0 Å². The third kappa shape index (κ3) is 4.14. The fourth-order valence-electron chi connectivity index (χ4n) is 5.69. The molecule has 1 aliphatic heterocycles. The molecule has 0 N–H and O–H groups in total. The van der Waals surface area contributed by atoms with Crippen LogP contribution in [-0.4, -0.2) is 17.1 Å². The molecule has 1 aromatic heterocycles. The second-order valence-electron chi connectivity index (χ2n) is 9.06. The zero-order valence-corrected chi connectivity index (χ0v) is 18.5. The molecule has 2 aromatic rings. The van der Waals surface area contributed by atoms with Crippen LogP contribution in [0.15, 0.2) is 48.7 Å². The highest BCUT2D eigenvalue weighted by Crippen LogP contribution is 2.50. The fourth-order valence-corrected chi connectivity index (χ4v) is 5.69. The number of nitriles is 1. The Morgan fingerprint density at radius 3 is 2.74 bits per heavy atom. The van der Waals surface area contributed by atoms with Gasteiger partial charge in [0.25, 0.3) is 0 Å². The van der Waals surface area contributed by atoms with Crippen molar-refractivity contribution in [2.75, 3.05) is 0 Å². The minimum Gasteiger partial charge on any atom is -0.462 e. The van der Waals surface area contributed by atoms with Crippen LogP contribution in [0.2, 0.25) is 0 Å². The molecule has 31 heavy (non-hydrogen) atoms.